The molecule has 78 valence electrons. The van der Waals surface area contributed by atoms with E-state index in [0.717, 1.165) is 32.4 Å². The fraction of sp³-hybridized carbons (Fsp3) is 1.00. The highest BCUT2D eigenvalue weighted by Gasteiger charge is 2.30. The summed E-state index contributed by atoms with van der Waals surface area (Å²) in [5.41, 5.74) is -0.0635. The first-order valence-corrected chi connectivity index (χ1v) is 5.46. The number of nitrogens with one attached hydrogen (secondary N) is 1. The minimum Gasteiger partial charge on any atom is -0.317 e. The van der Waals surface area contributed by atoms with E-state index < -0.39 is 0 Å². The zero-order chi connectivity index (χ0) is 9.73. The number of hydrogen-bond acceptors (Lipinski definition) is 1. The van der Waals surface area contributed by atoms with Gasteiger partial charge in [0.2, 0.25) is 0 Å². The molecule has 0 aromatic carbocycles. The van der Waals surface area contributed by atoms with Crippen LogP contribution in [0.25, 0.3) is 0 Å². The topological polar surface area (TPSA) is 12.0 Å². The van der Waals surface area contributed by atoms with Gasteiger partial charge in [-0.3, -0.25) is 4.39 Å². The monoisotopic (exact) mass is 187 g/mol. The predicted octanol–water partition coefficient (Wildman–Crippen LogP) is 2.76. The highest BCUT2D eigenvalue weighted by Crippen LogP contribution is 2.35. The molecule has 0 aromatic heterocycles. The van der Waals surface area contributed by atoms with Gasteiger partial charge >= 0.3 is 0 Å². The number of hydrogen-bond donors (Lipinski definition) is 1. The van der Waals surface area contributed by atoms with E-state index in [0.29, 0.717) is 5.92 Å². The standard InChI is InChI=1S/C11H22FN/c1-10-5-8-13-7-4-3-6-11(10,2)9-12/h10,13H,3-9H2,1-2H3. The number of halogens is 1. The SMILES string of the molecule is CC1CCNCCCCC1(C)CF. The van der Waals surface area contributed by atoms with Crippen molar-refractivity contribution in [1.29, 1.82) is 0 Å². The summed E-state index contributed by atoms with van der Waals surface area (Å²) >= 11 is 0. The summed E-state index contributed by atoms with van der Waals surface area (Å²) in [5, 5.41) is 3.40. The van der Waals surface area contributed by atoms with Crippen LogP contribution < -0.4 is 5.32 Å². The molecule has 1 fully saturated rings. The maximum Gasteiger partial charge on any atom is 0.0950 e. The summed E-state index contributed by atoms with van der Waals surface area (Å²) in [5.74, 6) is 0.503. The lowest BCUT2D eigenvalue weighted by molar-refractivity contribution is 0.125. The van der Waals surface area contributed by atoms with Gasteiger partial charge in [-0.1, -0.05) is 20.3 Å². The van der Waals surface area contributed by atoms with Crippen molar-refractivity contribution < 1.29 is 4.39 Å². The molecule has 1 aliphatic heterocycles. The smallest absolute Gasteiger partial charge is 0.0950 e. The Kier molecular flexibility index (Phi) is 4.17. The third-order valence-electron chi connectivity index (χ3n) is 3.60. The zero-order valence-corrected chi connectivity index (χ0v) is 8.91. The molecule has 1 nitrogen and oxygen atoms in total. The zero-order valence-electron chi connectivity index (χ0n) is 8.91. The van der Waals surface area contributed by atoms with Gasteiger partial charge in [0.15, 0.2) is 0 Å². The molecular weight excluding hydrogens is 165 g/mol. The quantitative estimate of drug-likeness (QED) is 0.665. The van der Waals surface area contributed by atoms with Gasteiger partial charge in [-0.05, 0) is 43.7 Å². The van der Waals surface area contributed by atoms with Gasteiger partial charge in [0.25, 0.3) is 0 Å². The summed E-state index contributed by atoms with van der Waals surface area (Å²) in [6, 6.07) is 0. The summed E-state index contributed by atoms with van der Waals surface area (Å²) in [4.78, 5) is 0. The lowest BCUT2D eigenvalue weighted by atomic mass is 9.74. The first kappa shape index (κ1) is 11.0. The van der Waals surface area contributed by atoms with Crippen molar-refractivity contribution in [2.45, 2.75) is 39.5 Å². The van der Waals surface area contributed by atoms with Crippen LogP contribution in [0, 0.1) is 11.3 Å². The molecule has 1 aliphatic rings. The van der Waals surface area contributed by atoms with Gasteiger partial charge in [-0.25, -0.2) is 0 Å². The average molecular weight is 187 g/mol. The fourth-order valence-corrected chi connectivity index (χ4v) is 2.02. The van der Waals surface area contributed by atoms with Gasteiger partial charge in [0.1, 0.15) is 0 Å². The van der Waals surface area contributed by atoms with E-state index in [9.17, 15) is 4.39 Å². The molecule has 0 bridgehead atoms. The van der Waals surface area contributed by atoms with Crippen LogP contribution >= 0.6 is 0 Å². The second-order valence-corrected chi connectivity index (χ2v) is 4.68. The second kappa shape index (κ2) is 4.94. The fourth-order valence-electron chi connectivity index (χ4n) is 2.02. The van der Waals surface area contributed by atoms with Crippen molar-refractivity contribution in [1.82, 2.24) is 5.32 Å². The van der Waals surface area contributed by atoms with Crippen molar-refractivity contribution in [2.75, 3.05) is 19.8 Å². The predicted molar refractivity (Wildman–Crippen MR) is 54.6 cm³/mol. The van der Waals surface area contributed by atoms with Crippen molar-refractivity contribution in [2.24, 2.45) is 11.3 Å². The first-order chi connectivity index (χ1) is 6.19. The van der Waals surface area contributed by atoms with E-state index >= 15 is 0 Å². The van der Waals surface area contributed by atoms with Crippen LogP contribution in [0.4, 0.5) is 4.39 Å². The van der Waals surface area contributed by atoms with Crippen LogP contribution in [0.15, 0.2) is 0 Å². The Hall–Kier alpha value is -0.110. The minimum atomic E-state index is -0.159. The molecule has 1 N–H and O–H groups in total. The van der Waals surface area contributed by atoms with Crippen molar-refractivity contribution in [3.05, 3.63) is 0 Å². The molecule has 1 saturated heterocycles. The summed E-state index contributed by atoms with van der Waals surface area (Å²) in [6.07, 6.45) is 4.52. The van der Waals surface area contributed by atoms with Gasteiger partial charge in [-0.15, -0.1) is 0 Å². The second-order valence-electron chi connectivity index (χ2n) is 4.68. The number of alkyl halides is 1. The van der Waals surface area contributed by atoms with Crippen LogP contribution in [-0.4, -0.2) is 19.8 Å². The van der Waals surface area contributed by atoms with Crippen molar-refractivity contribution in [3.8, 4) is 0 Å². The van der Waals surface area contributed by atoms with E-state index in [2.05, 4.69) is 19.2 Å². The highest BCUT2D eigenvalue weighted by molar-refractivity contribution is 4.81. The van der Waals surface area contributed by atoms with Gasteiger partial charge in [0, 0.05) is 0 Å². The minimum absolute atomic E-state index is 0.0635. The Bertz CT molecular complexity index is 149. The third-order valence-corrected chi connectivity index (χ3v) is 3.60. The molecule has 1 heterocycles. The van der Waals surface area contributed by atoms with Crippen LogP contribution in [-0.2, 0) is 0 Å². The van der Waals surface area contributed by atoms with E-state index in [1.165, 1.54) is 6.42 Å². The van der Waals surface area contributed by atoms with Crippen LogP contribution in [0.2, 0.25) is 0 Å². The highest BCUT2D eigenvalue weighted by atomic mass is 19.1. The van der Waals surface area contributed by atoms with Gasteiger partial charge in [-0.2, -0.15) is 0 Å². The molecule has 13 heavy (non-hydrogen) atoms. The molecule has 0 radical (unpaired) electrons. The van der Waals surface area contributed by atoms with E-state index in [1.807, 2.05) is 0 Å². The van der Waals surface area contributed by atoms with Gasteiger partial charge in [0.05, 0.1) is 6.67 Å². The lowest BCUT2D eigenvalue weighted by Gasteiger charge is -2.32. The van der Waals surface area contributed by atoms with E-state index in [1.54, 1.807) is 0 Å². The molecule has 0 aromatic rings. The Balaban J connectivity index is 2.55. The summed E-state index contributed by atoms with van der Waals surface area (Å²) in [6.45, 7) is 6.29. The summed E-state index contributed by atoms with van der Waals surface area (Å²) < 4.78 is 12.9. The summed E-state index contributed by atoms with van der Waals surface area (Å²) in [7, 11) is 0. The van der Waals surface area contributed by atoms with Crippen LogP contribution in [0.5, 0.6) is 0 Å². The molecule has 2 unspecified atom stereocenters. The molecule has 0 amide bonds. The maximum atomic E-state index is 12.9. The molecule has 0 aliphatic carbocycles. The van der Waals surface area contributed by atoms with Crippen LogP contribution in [0.3, 0.4) is 0 Å². The Morgan fingerprint density at radius 3 is 2.85 bits per heavy atom. The Morgan fingerprint density at radius 1 is 1.38 bits per heavy atom. The first-order valence-electron chi connectivity index (χ1n) is 5.46. The molecular formula is C11H22FN. The Morgan fingerprint density at radius 2 is 2.15 bits per heavy atom. The molecule has 0 spiro atoms. The van der Waals surface area contributed by atoms with E-state index in [4.69, 9.17) is 0 Å². The third kappa shape index (κ3) is 2.94. The van der Waals surface area contributed by atoms with Crippen molar-refractivity contribution in [3.63, 3.8) is 0 Å². The molecule has 0 saturated carbocycles. The molecule has 1 rings (SSSR count). The molecule has 2 heteroatoms. The largest absolute Gasteiger partial charge is 0.317 e. The lowest BCUT2D eigenvalue weighted by Crippen LogP contribution is -2.29. The van der Waals surface area contributed by atoms with E-state index in [-0.39, 0.29) is 12.1 Å². The normalized spacial score (nSPS) is 37.6. The average Bonchev–Trinajstić information content (AvgIpc) is 2.21. The van der Waals surface area contributed by atoms with Gasteiger partial charge < -0.3 is 5.32 Å². The van der Waals surface area contributed by atoms with Crippen LogP contribution in [0.1, 0.15) is 39.5 Å². The van der Waals surface area contributed by atoms with Crippen molar-refractivity contribution >= 4 is 0 Å². The Labute approximate surface area is 81.1 Å². The number of rotatable bonds is 1. The maximum absolute atomic E-state index is 12.9. The molecule has 2 atom stereocenters.